The summed E-state index contributed by atoms with van der Waals surface area (Å²) in [5.41, 5.74) is 2.96. The van der Waals surface area contributed by atoms with Gasteiger partial charge in [0.25, 0.3) is 0 Å². The van der Waals surface area contributed by atoms with Crippen molar-refractivity contribution in [2.75, 3.05) is 25.4 Å². The third-order valence-electron chi connectivity index (χ3n) is 3.69. The van der Waals surface area contributed by atoms with Gasteiger partial charge in [0.2, 0.25) is 0 Å². The molecular weight excluding hydrogens is 276 g/mol. The fraction of sp³-hybridized carbons (Fsp3) is 0.667. The third-order valence-corrected chi connectivity index (χ3v) is 4.67. The van der Waals surface area contributed by atoms with Gasteiger partial charge in [-0.05, 0) is 64.0 Å². The first-order valence-electron chi connectivity index (χ1n) is 8.05. The van der Waals surface area contributed by atoms with E-state index < -0.39 is 0 Å². The first-order valence-corrected chi connectivity index (χ1v) is 9.04. The van der Waals surface area contributed by atoms with Crippen LogP contribution in [0.2, 0.25) is 0 Å². The molecule has 0 spiro atoms. The SMILES string of the molecule is CCN(CC)CCSc1ccc(CNC(C)(C)C)c(C)c1. The molecule has 0 aliphatic carbocycles. The average Bonchev–Trinajstić information content (AvgIpc) is 2.41. The third kappa shape index (κ3) is 7.35. The summed E-state index contributed by atoms with van der Waals surface area (Å²) in [5, 5.41) is 3.56. The van der Waals surface area contributed by atoms with Gasteiger partial charge in [0, 0.05) is 29.3 Å². The molecule has 0 fully saturated rings. The molecule has 1 rings (SSSR count). The molecule has 1 aromatic rings. The molecule has 1 N–H and O–H groups in total. The van der Waals surface area contributed by atoms with Crippen molar-refractivity contribution in [1.82, 2.24) is 10.2 Å². The van der Waals surface area contributed by atoms with Crippen molar-refractivity contribution in [2.45, 2.75) is 58.5 Å². The van der Waals surface area contributed by atoms with E-state index in [1.807, 2.05) is 11.8 Å². The molecule has 120 valence electrons. The molecule has 0 aliphatic heterocycles. The second-order valence-electron chi connectivity index (χ2n) is 6.57. The summed E-state index contributed by atoms with van der Waals surface area (Å²) in [6.45, 7) is 17.7. The summed E-state index contributed by atoms with van der Waals surface area (Å²) in [4.78, 5) is 3.86. The first kappa shape index (κ1) is 18.5. The van der Waals surface area contributed by atoms with Crippen molar-refractivity contribution < 1.29 is 0 Å². The maximum absolute atomic E-state index is 3.56. The number of thioether (sulfide) groups is 1. The summed E-state index contributed by atoms with van der Waals surface area (Å²) in [5.74, 6) is 1.17. The molecule has 0 atom stereocenters. The molecule has 2 nitrogen and oxygen atoms in total. The predicted octanol–water partition coefficient (Wildman–Crippen LogP) is 4.32. The minimum Gasteiger partial charge on any atom is -0.308 e. The molecule has 21 heavy (non-hydrogen) atoms. The maximum Gasteiger partial charge on any atom is 0.0212 e. The fourth-order valence-electron chi connectivity index (χ4n) is 2.15. The zero-order valence-electron chi connectivity index (χ0n) is 14.6. The van der Waals surface area contributed by atoms with E-state index in [2.05, 4.69) is 70.0 Å². The van der Waals surface area contributed by atoms with Crippen LogP contribution in [0.4, 0.5) is 0 Å². The zero-order valence-corrected chi connectivity index (χ0v) is 15.4. The van der Waals surface area contributed by atoms with Gasteiger partial charge < -0.3 is 10.2 Å². The minimum absolute atomic E-state index is 0.170. The zero-order chi connectivity index (χ0) is 15.9. The molecule has 0 saturated carbocycles. The standard InChI is InChI=1S/C18H32N2S/c1-7-20(8-2)11-12-21-17-10-9-16(15(3)13-17)14-19-18(4,5)6/h9-10,13,19H,7-8,11-12,14H2,1-6H3. The number of benzene rings is 1. The van der Waals surface area contributed by atoms with Gasteiger partial charge in [-0.25, -0.2) is 0 Å². The highest BCUT2D eigenvalue weighted by Crippen LogP contribution is 2.21. The van der Waals surface area contributed by atoms with Gasteiger partial charge in [-0.2, -0.15) is 0 Å². The van der Waals surface area contributed by atoms with Crippen LogP contribution in [-0.2, 0) is 6.54 Å². The predicted molar refractivity (Wildman–Crippen MR) is 96.3 cm³/mol. The Balaban J connectivity index is 2.50. The van der Waals surface area contributed by atoms with E-state index in [0.717, 1.165) is 19.6 Å². The van der Waals surface area contributed by atoms with E-state index in [-0.39, 0.29) is 5.54 Å². The summed E-state index contributed by atoms with van der Waals surface area (Å²) in [7, 11) is 0. The number of rotatable bonds is 8. The summed E-state index contributed by atoms with van der Waals surface area (Å²) in [6.07, 6.45) is 0. The topological polar surface area (TPSA) is 15.3 Å². The van der Waals surface area contributed by atoms with Gasteiger partial charge in [-0.15, -0.1) is 11.8 Å². The Morgan fingerprint density at radius 1 is 1.14 bits per heavy atom. The quantitative estimate of drug-likeness (QED) is 0.720. The highest BCUT2D eigenvalue weighted by atomic mass is 32.2. The molecule has 0 radical (unpaired) electrons. The van der Waals surface area contributed by atoms with Crippen molar-refractivity contribution in [1.29, 1.82) is 0 Å². The van der Waals surface area contributed by atoms with Crippen LogP contribution >= 0.6 is 11.8 Å². The second kappa shape index (κ2) is 8.82. The van der Waals surface area contributed by atoms with Gasteiger partial charge in [0.15, 0.2) is 0 Å². The lowest BCUT2D eigenvalue weighted by Crippen LogP contribution is -2.35. The highest BCUT2D eigenvalue weighted by Gasteiger charge is 2.09. The Bertz CT molecular complexity index is 420. The van der Waals surface area contributed by atoms with E-state index in [0.29, 0.717) is 0 Å². The van der Waals surface area contributed by atoms with Crippen molar-refractivity contribution in [3.05, 3.63) is 29.3 Å². The first-order chi connectivity index (χ1) is 9.85. The van der Waals surface area contributed by atoms with Gasteiger partial charge in [0.05, 0.1) is 0 Å². The van der Waals surface area contributed by atoms with E-state index in [4.69, 9.17) is 0 Å². The summed E-state index contributed by atoms with van der Waals surface area (Å²) in [6, 6.07) is 6.86. The van der Waals surface area contributed by atoms with E-state index in [1.54, 1.807) is 0 Å². The molecule has 0 bridgehead atoms. The average molecular weight is 309 g/mol. The van der Waals surface area contributed by atoms with Crippen LogP contribution in [0.15, 0.2) is 23.1 Å². The molecule has 0 heterocycles. The molecule has 3 heteroatoms. The Labute approximate surface area is 135 Å². The second-order valence-corrected chi connectivity index (χ2v) is 7.74. The Kier molecular flexibility index (Phi) is 7.78. The van der Waals surface area contributed by atoms with Crippen molar-refractivity contribution in [2.24, 2.45) is 0 Å². The highest BCUT2D eigenvalue weighted by molar-refractivity contribution is 7.99. The molecular formula is C18H32N2S. The van der Waals surface area contributed by atoms with Crippen LogP contribution in [0, 0.1) is 6.92 Å². The number of hydrogen-bond donors (Lipinski definition) is 1. The van der Waals surface area contributed by atoms with Crippen molar-refractivity contribution in [3.8, 4) is 0 Å². The normalized spacial score (nSPS) is 12.1. The smallest absolute Gasteiger partial charge is 0.0212 e. The van der Waals surface area contributed by atoms with Gasteiger partial charge in [-0.3, -0.25) is 0 Å². The van der Waals surface area contributed by atoms with Crippen molar-refractivity contribution >= 4 is 11.8 Å². The number of nitrogens with one attached hydrogen (secondary N) is 1. The lowest BCUT2D eigenvalue weighted by molar-refractivity contribution is 0.324. The van der Waals surface area contributed by atoms with E-state index in [9.17, 15) is 0 Å². The molecule has 0 saturated heterocycles. The molecule has 0 unspecified atom stereocenters. The van der Waals surface area contributed by atoms with Crippen LogP contribution in [-0.4, -0.2) is 35.8 Å². The Morgan fingerprint density at radius 2 is 1.81 bits per heavy atom. The van der Waals surface area contributed by atoms with Gasteiger partial charge >= 0.3 is 0 Å². The lowest BCUT2D eigenvalue weighted by Gasteiger charge is -2.21. The van der Waals surface area contributed by atoms with Gasteiger partial charge in [0.1, 0.15) is 0 Å². The van der Waals surface area contributed by atoms with E-state index in [1.165, 1.54) is 28.3 Å². The summed E-state index contributed by atoms with van der Waals surface area (Å²) < 4.78 is 0. The van der Waals surface area contributed by atoms with Crippen LogP contribution in [0.25, 0.3) is 0 Å². The molecule has 0 aliphatic rings. The van der Waals surface area contributed by atoms with Crippen molar-refractivity contribution in [3.63, 3.8) is 0 Å². The molecule has 0 amide bonds. The lowest BCUT2D eigenvalue weighted by atomic mass is 10.1. The van der Waals surface area contributed by atoms with Crippen LogP contribution < -0.4 is 5.32 Å². The van der Waals surface area contributed by atoms with E-state index >= 15 is 0 Å². The van der Waals surface area contributed by atoms with Crippen LogP contribution in [0.1, 0.15) is 45.7 Å². The van der Waals surface area contributed by atoms with Gasteiger partial charge in [-0.1, -0.05) is 19.9 Å². The van der Waals surface area contributed by atoms with Crippen LogP contribution in [0.5, 0.6) is 0 Å². The molecule has 1 aromatic carbocycles. The maximum atomic E-state index is 3.56. The van der Waals surface area contributed by atoms with Crippen LogP contribution in [0.3, 0.4) is 0 Å². The largest absolute Gasteiger partial charge is 0.308 e. The number of nitrogens with zero attached hydrogens (tertiary/aromatic N) is 1. The number of aryl methyl sites for hydroxylation is 1. The molecule has 0 aromatic heterocycles. The summed E-state index contributed by atoms with van der Waals surface area (Å²) >= 11 is 1.96. The minimum atomic E-state index is 0.170. The number of hydrogen-bond acceptors (Lipinski definition) is 3. The fourth-order valence-corrected chi connectivity index (χ4v) is 3.16. The Morgan fingerprint density at radius 3 is 2.33 bits per heavy atom. The monoisotopic (exact) mass is 308 g/mol. The Hall–Kier alpha value is -0.510.